The molecule has 0 aliphatic heterocycles. The Hall–Kier alpha value is -2.01. The van der Waals surface area contributed by atoms with Crippen molar-refractivity contribution in [2.45, 2.75) is 6.92 Å². The standard InChI is InChI=1S/C13H11FN2OS/c1-8-5-12(17)11(13(15)18)7-16(8)10-4-2-3-9(14)6-10/h2-7H,1H3,(H2,15,18). The number of nitrogens with two attached hydrogens (primary N) is 1. The molecule has 0 spiro atoms. The molecule has 0 unspecified atom stereocenters. The van der Waals surface area contributed by atoms with Crippen LogP contribution in [0.2, 0.25) is 0 Å². The van der Waals surface area contributed by atoms with Crippen molar-refractivity contribution in [2.24, 2.45) is 5.73 Å². The second-order valence-electron chi connectivity index (χ2n) is 3.91. The van der Waals surface area contributed by atoms with Gasteiger partial charge in [-0.25, -0.2) is 4.39 Å². The fourth-order valence-electron chi connectivity index (χ4n) is 1.72. The van der Waals surface area contributed by atoms with E-state index in [2.05, 4.69) is 0 Å². The Kier molecular flexibility index (Phi) is 3.25. The van der Waals surface area contributed by atoms with Crippen LogP contribution in [0.5, 0.6) is 0 Å². The predicted molar refractivity (Wildman–Crippen MR) is 72.6 cm³/mol. The highest BCUT2D eigenvalue weighted by molar-refractivity contribution is 7.80. The molecule has 0 aliphatic carbocycles. The largest absolute Gasteiger partial charge is 0.389 e. The number of rotatable bonds is 2. The van der Waals surface area contributed by atoms with Crippen LogP contribution < -0.4 is 11.2 Å². The molecule has 92 valence electrons. The maximum atomic E-state index is 13.2. The van der Waals surface area contributed by atoms with Crippen LogP contribution in [-0.2, 0) is 0 Å². The van der Waals surface area contributed by atoms with Crippen molar-refractivity contribution < 1.29 is 4.39 Å². The first-order valence-corrected chi connectivity index (χ1v) is 5.69. The Morgan fingerprint density at radius 2 is 2.11 bits per heavy atom. The van der Waals surface area contributed by atoms with E-state index in [0.717, 1.165) is 0 Å². The van der Waals surface area contributed by atoms with E-state index in [-0.39, 0.29) is 21.8 Å². The van der Waals surface area contributed by atoms with E-state index in [9.17, 15) is 9.18 Å². The summed E-state index contributed by atoms with van der Waals surface area (Å²) in [6.45, 7) is 1.76. The van der Waals surface area contributed by atoms with Gasteiger partial charge in [-0.3, -0.25) is 4.79 Å². The molecule has 2 aromatic rings. The monoisotopic (exact) mass is 262 g/mol. The van der Waals surface area contributed by atoms with Gasteiger partial charge in [-0.15, -0.1) is 0 Å². The zero-order valence-electron chi connectivity index (χ0n) is 9.68. The molecule has 5 heteroatoms. The number of hydrogen-bond donors (Lipinski definition) is 1. The van der Waals surface area contributed by atoms with E-state index >= 15 is 0 Å². The number of nitrogens with zero attached hydrogens (tertiary/aromatic N) is 1. The van der Waals surface area contributed by atoms with Gasteiger partial charge in [-0.1, -0.05) is 18.3 Å². The van der Waals surface area contributed by atoms with Crippen molar-refractivity contribution in [1.29, 1.82) is 0 Å². The number of benzene rings is 1. The zero-order valence-corrected chi connectivity index (χ0v) is 10.5. The maximum Gasteiger partial charge on any atom is 0.192 e. The molecule has 18 heavy (non-hydrogen) atoms. The first-order valence-electron chi connectivity index (χ1n) is 5.28. The van der Waals surface area contributed by atoms with Gasteiger partial charge in [0.05, 0.1) is 5.56 Å². The average Bonchev–Trinajstić information content (AvgIpc) is 2.28. The average molecular weight is 262 g/mol. The highest BCUT2D eigenvalue weighted by atomic mass is 32.1. The molecule has 1 aromatic heterocycles. The minimum absolute atomic E-state index is 0.0325. The van der Waals surface area contributed by atoms with E-state index in [1.165, 1.54) is 24.4 Å². The normalized spacial score (nSPS) is 10.3. The van der Waals surface area contributed by atoms with E-state index in [0.29, 0.717) is 11.4 Å². The highest BCUT2D eigenvalue weighted by Crippen LogP contribution is 2.12. The van der Waals surface area contributed by atoms with Gasteiger partial charge in [0, 0.05) is 23.6 Å². The van der Waals surface area contributed by atoms with Crippen LogP contribution >= 0.6 is 12.2 Å². The van der Waals surface area contributed by atoms with Gasteiger partial charge in [0.15, 0.2) is 5.43 Å². The molecule has 0 radical (unpaired) electrons. The van der Waals surface area contributed by atoms with Gasteiger partial charge < -0.3 is 10.3 Å². The summed E-state index contributed by atoms with van der Waals surface area (Å²) in [5.74, 6) is -0.345. The summed E-state index contributed by atoms with van der Waals surface area (Å²) >= 11 is 4.82. The molecule has 0 fully saturated rings. The fourth-order valence-corrected chi connectivity index (χ4v) is 1.87. The third-order valence-corrected chi connectivity index (χ3v) is 2.82. The Balaban J connectivity index is 2.68. The molecule has 2 rings (SSSR count). The van der Waals surface area contributed by atoms with Crippen LogP contribution in [0.4, 0.5) is 4.39 Å². The number of thiocarbonyl (C=S) groups is 1. The molecule has 3 nitrogen and oxygen atoms in total. The second kappa shape index (κ2) is 4.70. The number of aromatic nitrogens is 1. The first kappa shape index (κ1) is 12.4. The minimum atomic E-state index is -0.345. The number of pyridine rings is 1. The summed E-state index contributed by atoms with van der Waals surface area (Å²) in [6, 6.07) is 7.50. The topological polar surface area (TPSA) is 48.0 Å². The fraction of sp³-hybridized carbons (Fsp3) is 0.0769. The van der Waals surface area contributed by atoms with Gasteiger partial charge in [0.25, 0.3) is 0 Å². The summed E-state index contributed by atoms with van der Waals surface area (Å²) in [5.41, 5.74) is 6.81. The van der Waals surface area contributed by atoms with Gasteiger partial charge in [0.1, 0.15) is 10.8 Å². The van der Waals surface area contributed by atoms with E-state index < -0.39 is 0 Å². The van der Waals surface area contributed by atoms with Crippen molar-refractivity contribution >= 4 is 17.2 Å². The summed E-state index contributed by atoms with van der Waals surface area (Å²) in [4.78, 5) is 11.7. The minimum Gasteiger partial charge on any atom is -0.389 e. The van der Waals surface area contributed by atoms with E-state index in [1.807, 2.05) is 0 Å². The molecule has 0 bridgehead atoms. The van der Waals surface area contributed by atoms with Crippen molar-refractivity contribution in [3.05, 3.63) is 63.8 Å². The van der Waals surface area contributed by atoms with Crippen LogP contribution in [-0.4, -0.2) is 9.56 Å². The Morgan fingerprint density at radius 1 is 1.39 bits per heavy atom. The molecule has 0 aliphatic rings. The molecule has 0 amide bonds. The van der Waals surface area contributed by atoms with Crippen LogP contribution in [0.15, 0.2) is 41.3 Å². The van der Waals surface area contributed by atoms with Crippen molar-refractivity contribution in [2.75, 3.05) is 0 Å². The van der Waals surface area contributed by atoms with Crippen LogP contribution in [0.25, 0.3) is 5.69 Å². The molecular weight excluding hydrogens is 251 g/mol. The van der Waals surface area contributed by atoms with Crippen molar-refractivity contribution in [3.8, 4) is 5.69 Å². The van der Waals surface area contributed by atoms with Gasteiger partial charge >= 0.3 is 0 Å². The molecule has 0 atom stereocenters. The second-order valence-corrected chi connectivity index (χ2v) is 4.35. The van der Waals surface area contributed by atoms with Crippen molar-refractivity contribution in [1.82, 2.24) is 4.57 Å². The third kappa shape index (κ3) is 2.31. The molecule has 0 saturated heterocycles. The number of aryl methyl sites for hydroxylation is 1. The van der Waals surface area contributed by atoms with Crippen LogP contribution in [0.1, 0.15) is 11.3 Å². The summed E-state index contributed by atoms with van der Waals surface area (Å²) in [6.07, 6.45) is 1.54. The van der Waals surface area contributed by atoms with Gasteiger partial charge in [-0.2, -0.15) is 0 Å². The lowest BCUT2D eigenvalue weighted by molar-refractivity contribution is 0.626. The number of halogens is 1. The zero-order chi connectivity index (χ0) is 13.3. The molecule has 1 aromatic carbocycles. The Morgan fingerprint density at radius 3 is 2.72 bits per heavy atom. The van der Waals surface area contributed by atoms with E-state index in [4.69, 9.17) is 18.0 Å². The van der Waals surface area contributed by atoms with Gasteiger partial charge in [0.2, 0.25) is 0 Å². The third-order valence-electron chi connectivity index (χ3n) is 2.60. The lowest BCUT2D eigenvalue weighted by Gasteiger charge is -2.12. The maximum absolute atomic E-state index is 13.2. The number of hydrogen-bond acceptors (Lipinski definition) is 2. The lowest BCUT2D eigenvalue weighted by Crippen LogP contribution is -2.22. The smallest absolute Gasteiger partial charge is 0.192 e. The Labute approximate surface area is 109 Å². The molecule has 0 saturated carbocycles. The van der Waals surface area contributed by atoms with Gasteiger partial charge in [-0.05, 0) is 25.1 Å². The van der Waals surface area contributed by atoms with E-state index in [1.54, 1.807) is 23.6 Å². The van der Waals surface area contributed by atoms with Crippen LogP contribution in [0, 0.1) is 12.7 Å². The quantitative estimate of drug-likeness (QED) is 0.841. The Bertz CT molecular complexity index is 679. The molecule has 2 N–H and O–H groups in total. The summed E-state index contributed by atoms with van der Waals surface area (Å²) in [5, 5.41) is 0. The first-order chi connectivity index (χ1) is 8.49. The predicted octanol–water partition coefficient (Wildman–Crippen LogP) is 1.92. The van der Waals surface area contributed by atoms with Crippen molar-refractivity contribution in [3.63, 3.8) is 0 Å². The SMILES string of the molecule is Cc1cc(=O)c(C(N)=S)cn1-c1cccc(F)c1. The molecular formula is C13H11FN2OS. The summed E-state index contributed by atoms with van der Waals surface area (Å²) < 4.78 is 14.9. The highest BCUT2D eigenvalue weighted by Gasteiger charge is 2.08. The molecule has 1 heterocycles. The summed E-state index contributed by atoms with van der Waals surface area (Å²) in [7, 11) is 0. The van der Waals surface area contributed by atoms with Crippen LogP contribution in [0.3, 0.4) is 0 Å². The lowest BCUT2D eigenvalue weighted by atomic mass is 10.2.